The SMILES string of the molecule is CCCCCCCC1(C)NC(=O)N(NC(=O)c2ccc(N(CC)CC)nc2)C1=O. The van der Waals surface area contributed by atoms with Crippen LogP contribution in [0, 0.1) is 0 Å². The van der Waals surface area contributed by atoms with E-state index in [0.29, 0.717) is 6.42 Å². The molecule has 0 saturated carbocycles. The number of rotatable bonds is 11. The molecule has 4 amide bonds. The fraction of sp³-hybridized carbons (Fsp3) is 0.619. The van der Waals surface area contributed by atoms with E-state index >= 15 is 0 Å². The Morgan fingerprint density at radius 2 is 1.83 bits per heavy atom. The number of nitrogens with zero attached hydrogens (tertiary/aromatic N) is 3. The molecule has 8 nitrogen and oxygen atoms in total. The molecule has 1 fully saturated rings. The average molecular weight is 404 g/mol. The Hall–Kier alpha value is -2.64. The highest BCUT2D eigenvalue weighted by molar-refractivity contribution is 6.09. The second kappa shape index (κ2) is 10.2. The average Bonchev–Trinajstić information content (AvgIpc) is 2.92. The van der Waals surface area contributed by atoms with Crippen molar-refractivity contribution >= 4 is 23.7 Å². The lowest BCUT2D eigenvalue weighted by molar-refractivity contribution is -0.132. The number of amides is 4. The van der Waals surface area contributed by atoms with Crippen LogP contribution in [0.2, 0.25) is 0 Å². The lowest BCUT2D eigenvalue weighted by atomic mass is 9.94. The number of carbonyl (C=O) groups is 3. The predicted octanol–water partition coefficient (Wildman–Crippen LogP) is 3.24. The Kier molecular flexibility index (Phi) is 7.99. The van der Waals surface area contributed by atoms with Gasteiger partial charge in [-0.05, 0) is 39.3 Å². The van der Waals surface area contributed by atoms with Gasteiger partial charge in [0, 0.05) is 19.3 Å². The van der Waals surface area contributed by atoms with Gasteiger partial charge in [-0.1, -0.05) is 39.0 Å². The topological polar surface area (TPSA) is 94.6 Å². The van der Waals surface area contributed by atoms with Crippen LogP contribution in [0.25, 0.3) is 0 Å². The van der Waals surface area contributed by atoms with E-state index in [4.69, 9.17) is 0 Å². The van der Waals surface area contributed by atoms with E-state index in [2.05, 4.69) is 27.6 Å². The molecule has 0 spiro atoms. The Labute approximate surface area is 173 Å². The molecule has 2 rings (SSSR count). The van der Waals surface area contributed by atoms with Gasteiger partial charge in [-0.15, -0.1) is 0 Å². The van der Waals surface area contributed by atoms with E-state index in [1.807, 2.05) is 13.8 Å². The van der Waals surface area contributed by atoms with Gasteiger partial charge >= 0.3 is 6.03 Å². The van der Waals surface area contributed by atoms with Crippen LogP contribution in [-0.2, 0) is 4.79 Å². The van der Waals surface area contributed by atoms with E-state index in [0.717, 1.165) is 49.6 Å². The van der Waals surface area contributed by atoms with E-state index in [-0.39, 0.29) is 5.56 Å². The van der Waals surface area contributed by atoms with Crippen molar-refractivity contribution in [3.8, 4) is 0 Å². The minimum Gasteiger partial charge on any atom is -0.357 e. The molecule has 0 bridgehead atoms. The summed E-state index contributed by atoms with van der Waals surface area (Å²) >= 11 is 0. The maximum Gasteiger partial charge on any atom is 0.344 e. The van der Waals surface area contributed by atoms with Gasteiger partial charge in [0.25, 0.3) is 11.8 Å². The van der Waals surface area contributed by atoms with E-state index in [1.54, 1.807) is 19.1 Å². The summed E-state index contributed by atoms with van der Waals surface area (Å²) in [4.78, 5) is 43.9. The van der Waals surface area contributed by atoms with Gasteiger partial charge in [-0.3, -0.25) is 15.0 Å². The maximum absolute atomic E-state index is 12.8. The molecule has 8 heteroatoms. The Morgan fingerprint density at radius 3 is 2.41 bits per heavy atom. The van der Waals surface area contributed by atoms with Gasteiger partial charge in [0.2, 0.25) is 0 Å². The van der Waals surface area contributed by atoms with Crippen LogP contribution in [0.3, 0.4) is 0 Å². The van der Waals surface area contributed by atoms with Crippen molar-refractivity contribution in [2.24, 2.45) is 0 Å². The standard InChI is InChI=1S/C21H33N5O3/c1-5-8-9-10-11-14-21(4)19(28)26(20(29)23-21)24-18(27)16-12-13-17(22-15-16)25(6-2)7-3/h12-13,15H,5-11,14H2,1-4H3,(H,23,29)(H,24,27). The minimum atomic E-state index is -0.985. The number of aromatic nitrogens is 1. The summed E-state index contributed by atoms with van der Waals surface area (Å²) < 4.78 is 0. The largest absolute Gasteiger partial charge is 0.357 e. The summed E-state index contributed by atoms with van der Waals surface area (Å²) in [5.74, 6) is -0.199. The molecule has 1 aromatic rings. The van der Waals surface area contributed by atoms with Crippen molar-refractivity contribution < 1.29 is 14.4 Å². The first-order valence-corrected chi connectivity index (χ1v) is 10.5. The molecule has 1 unspecified atom stereocenters. The number of hydrogen-bond acceptors (Lipinski definition) is 5. The molecule has 2 heterocycles. The molecule has 2 N–H and O–H groups in total. The molecular weight excluding hydrogens is 370 g/mol. The van der Waals surface area contributed by atoms with Gasteiger partial charge in [0.05, 0.1) is 5.56 Å². The predicted molar refractivity (Wildman–Crippen MR) is 112 cm³/mol. The molecule has 0 aromatic carbocycles. The van der Waals surface area contributed by atoms with E-state index < -0.39 is 23.4 Å². The first-order chi connectivity index (χ1) is 13.9. The van der Waals surface area contributed by atoms with Crippen LogP contribution in [-0.4, -0.2) is 46.5 Å². The second-order valence-electron chi connectivity index (χ2n) is 7.59. The number of imide groups is 1. The molecule has 1 aliphatic rings. The van der Waals surface area contributed by atoms with E-state index in [9.17, 15) is 14.4 Å². The van der Waals surface area contributed by atoms with Gasteiger partial charge in [-0.25, -0.2) is 9.78 Å². The number of anilines is 1. The van der Waals surface area contributed by atoms with Crippen LogP contribution < -0.4 is 15.6 Å². The van der Waals surface area contributed by atoms with Crippen molar-refractivity contribution in [1.29, 1.82) is 0 Å². The molecule has 0 radical (unpaired) electrons. The molecule has 29 heavy (non-hydrogen) atoms. The summed E-state index contributed by atoms with van der Waals surface area (Å²) in [6, 6.07) is 2.79. The van der Waals surface area contributed by atoms with E-state index in [1.165, 1.54) is 12.6 Å². The van der Waals surface area contributed by atoms with Gasteiger partial charge in [0.15, 0.2) is 0 Å². The smallest absolute Gasteiger partial charge is 0.344 e. The number of carbonyl (C=O) groups excluding carboxylic acids is 3. The molecule has 1 saturated heterocycles. The van der Waals surface area contributed by atoms with Crippen LogP contribution >= 0.6 is 0 Å². The number of pyridine rings is 1. The third-order valence-corrected chi connectivity index (χ3v) is 5.35. The highest BCUT2D eigenvalue weighted by atomic mass is 16.2. The van der Waals surface area contributed by atoms with Gasteiger partial charge in [0.1, 0.15) is 11.4 Å². The van der Waals surface area contributed by atoms with Gasteiger partial charge < -0.3 is 10.2 Å². The number of unbranched alkanes of at least 4 members (excludes halogenated alkanes) is 4. The number of urea groups is 1. The van der Waals surface area contributed by atoms with Crippen LogP contribution in [0.4, 0.5) is 10.6 Å². The summed E-state index contributed by atoms with van der Waals surface area (Å²) in [6.07, 6.45) is 7.30. The lowest BCUT2D eigenvalue weighted by Gasteiger charge is -2.21. The molecule has 160 valence electrons. The summed E-state index contributed by atoms with van der Waals surface area (Å²) in [5, 5.41) is 3.50. The molecule has 1 aromatic heterocycles. The number of hydrazine groups is 1. The lowest BCUT2D eigenvalue weighted by Crippen LogP contribution is -2.48. The first kappa shape index (κ1) is 22.6. The van der Waals surface area contributed by atoms with Crippen molar-refractivity contribution in [2.75, 3.05) is 18.0 Å². The number of nitrogens with one attached hydrogen (secondary N) is 2. The zero-order chi connectivity index (χ0) is 21.4. The third-order valence-electron chi connectivity index (χ3n) is 5.35. The van der Waals surface area contributed by atoms with Crippen molar-refractivity contribution in [2.45, 2.75) is 71.8 Å². The fourth-order valence-electron chi connectivity index (χ4n) is 3.46. The first-order valence-electron chi connectivity index (χ1n) is 10.5. The Morgan fingerprint density at radius 1 is 1.14 bits per heavy atom. The second-order valence-corrected chi connectivity index (χ2v) is 7.59. The van der Waals surface area contributed by atoms with Crippen molar-refractivity contribution in [3.05, 3.63) is 23.9 Å². The van der Waals surface area contributed by atoms with Crippen LogP contribution in [0.1, 0.15) is 76.6 Å². The highest BCUT2D eigenvalue weighted by Crippen LogP contribution is 2.23. The number of hydrogen-bond donors (Lipinski definition) is 2. The van der Waals surface area contributed by atoms with Crippen LogP contribution in [0.5, 0.6) is 0 Å². The molecular formula is C21H33N5O3. The summed E-state index contributed by atoms with van der Waals surface area (Å²) in [7, 11) is 0. The van der Waals surface area contributed by atoms with Crippen molar-refractivity contribution in [1.82, 2.24) is 20.7 Å². The quantitative estimate of drug-likeness (QED) is 0.437. The Balaban J connectivity index is 1.97. The Bertz CT molecular complexity index is 718. The maximum atomic E-state index is 12.8. The summed E-state index contributed by atoms with van der Waals surface area (Å²) in [5.41, 5.74) is 1.72. The molecule has 1 atom stereocenters. The molecule has 1 aliphatic heterocycles. The van der Waals surface area contributed by atoms with Crippen LogP contribution in [0.15, 0.2) is 18.3 Å². The highest BCUT2D eigenvalue weighted by Gasteiger charge is 2.48. The monoisotopic (exact) mass is 403 g/mol. The molecule has 0 aliphatic carbocycles. The third kappa shape index (κ3) is 5.46. The normalized spacial score (nSPS) is 18.7. The fourth-order valence-corrected chi connectivity index (χ4v) is 3.46. The minimum absolute atomic E-state index is 0.287. The zero-order valence-corrected chi connectivity index (χ0v) is 18.0. The zero-order valence-electron chi connectivity index (χ0n) is 18.0. The summed E-state index contributed by atoms with van der Waals surface area (Å²) in [6.45, 7) is 9.55. The van der Waals surface area contributed by atoms with Crippen molar-refractivity contribution in [3.63, 3.8) is 0 Å². The van der Waals surface area contributed by atoms with Gasteiger partial charge in [-0.2, -0.15) is 5.01 Å².